The molecule has 2 aromatic heterocycles. The van der Waals surface area contributed by atoms with Crippen LogP contribution in [0.2, 0.25) is 0 Å². The Morgan fingerprint density at radius 1 is 1.61 bits per heavy atom. The highest BCUT2D eigenvalue weighted by Gasteiger charge is 2.19. The zero-order valence-corrected chi connectivity index (χ0v) is 10.8. The number of carbonyl (C=O) groups is 1. The molecular weight excluding hydrogens is 250 g/mol. The van der Waals surface area contributed by atoms with E-state index in [0.717, 1.165) is 25.2 Å². The summed E-state index contributed by atoms with van der Waals surface area (Å²) in [7, 11) is 2.09. The minimum absolute atomic E-state index is 0.178. The van der Waals surface area contributed by atoms with E-state index in [9.17, 15) is 4.79 Å². The van der Waals surface area contributed by atoms with Gasteiger partial charge >= 0.3 is 0 Å². The molecule has 1 aliphatic heterocycles. The molecule has 3 heterocycles. The van der Waals surface area contributed by atoms with Crippen molar-refractivity contribution in [1.29, 1.82) is 0 Å². The summed E-state index contributed by atoms with van der Waals surface area (Å²) in [5, 5.41) is 3.47. The Bertz CT molecular complexity index is 562. The molecule has 2 aromatic rings. The highest BCUT2D eigenvalue weighted by atomic mass is 32.1. The summed E-state index contributed by atoms with van der Waals surface area (Å²) < 4.78 is 4.88. The molecule has 0 unspecified atom stereocenters. The molecule has 1 aliphatic rings. The van der Waals surface area contributed by atoms with Crippen molar-refractivity contribution in [2.75, 3.05) is 18.9 Å². The van der Waals surface area contributed by atoms with Crippen molar-refractivity contribution < 1.29 is 9.21 Å². The molecule has 18 heavy (non-hydrogen) atoms. The molecule has 3 rings (SSSR count). The van der Waals surface area contributed by atoms with E-state index >= 15 is 0 Å². The normalized spacial score (nSPS) is 15.4. The van der Waals surface area contributed by atoms with Crippen LogP contribution in [0.15, 0.2) is 23.0 Å². The van der Waals surface area contributed by atoms with Crippen molar-refractivity contribution in [2.24, 2.45) is 0 Å². The Balaban J connectivity index is 1.76. The van der Waals surface area contributed by atoms with Crippen LogP contribution in [0.3, 0.4) is 0 Å². The van der Waals surface area contributed by atoms with Gasteiger partial charge in [-0.3, -0.25) is 10.1 Å². The van der Waals surface area contributed by atoms with Crippen molar-refractivity contribution in [2.45, 2.75) is 13.0 Å². The molecule has 0 atom stereocenters. The lowest BCUT2D eigenvalue weighted by atomic mass is 10.2. The van der Waals surface area contributed by atoms with Crippen LogP contribution in [0.1, 0.15) is 20.9 Å². The first-order valence-electron chi connectivity index (χ1n) is 5.73. The van der Waals surface area contributed by atoms with Gasteiger partial charge < -0.3 is 9.32 Å². The van der Waals surface area contributed by atoms with Crippen LogP contribution in [0.25, 0.3) is 0 Å². The minimum Gasteiger partial charge on any atom is -0.472 e. The van der Waals surface area contributed by atoms with Crippen LogP contribution < -0.4 is 5.32 Å². The van der Waals surface area contributed by atoms with Crippen molar-refractivity contribution in [3.63, 3.8) is 0 Å². The van der Waals surface area contributed by atoms with E-state index < -0.39 is 0 Å². The molecule has 94 valence electrons. The van der Waals surface area contributed by atoms with Gasteiger partial charge in [0, 0.05) is 24.4 Å². The fourth-order valence-corrected chi connectivity index (χ4v) is 3.02. The first-order valence-corrected chi connectivity index (χ1v) is 6.54. The smallest absolute Gasteiger partial charge is 0.260 e. The fourth-order valence-electron chi connectivity index (χ4n) is 1.94. The van der Waals surface area contributed by atoms with Gasteiger partial charge in [-0.2, -0.15) is 0 Å². The topological polar surface area (TPSA) is 58.4 Å². The number of furan rings is 1. The molecule has 0 fully saturated rings. The van der Waals surface area contributed by atoms with E-state index in [0.29, 0.717) is 10.7 Å². The number of carbonyl (C=O) groups excluding carboxylic acids is 1. The SMILES string of the molecule is CN1CCc2nc(NC(=O)c3ccoc3)sc2C1. The number of likely N-dealkylation sites (N-methyl/N-ethyl adjacent to an activating group) is 1. The van der Waals surface area contributed by atoms with E-state index in [1.54, 1.807) is 17.4 Å². The van der Waals surface area contributed by atoms with E-state index in [1.807, 2.05) is 0 Å². The number of nitrogens with one attached hydrogen (secondary N) is 1. The van der Waals surface area contributed by atoms with Gasteiger partial charge in [0.15, 0.2) is 5.13 Å². The molecule has 1 N–H and O–H groups in total. The quantitative estimate of drug-likeness (QED) is 0.900. The minimum atomic E-state index is -0.178. The number of nitrogens with zero attached hydrogens (tertiary/aromatic N) is 2. The fraction of sp³-hybridized carbons (Fsp3) is 0.333. The standard InChI is InChI=1S/C12H13N3O2S/c1-15-4-2-9-10(6-15)18-12(13-9)14-11(16)8-3-5-17-7-8/h3,5,7H,2,4,6H2,1H3,(H,13,14,16). The van der Waals surface area contributed by atoms with Crippen LogP contribution in [0, 0.1) is 0 Å². The highest BCUT2D eigenvalue weighted by Crippen LogP contribution is 2.27. The summed E-state index contributed by atoms with van der Waals surface area (Å²) in [5.74, 6) is -0.178. The second kappa shape index (κ2) is 4.55. The largest absolute Gasteiger partial charge is 0.472 e. The Morgan fingerprint density at radius 2 is 2.50 bits per heavy atom. The average Bonchev–Trinajstić information content (AvgIpc) is 2.95. The van der Waals surface area contributed by atoms with Crippen molar-refractivity contribution >= 4 is 22.4 Å². The molecular formula is C12H13N3O2S. The van der Waals surface area contributed by atoms with E-state index in [-0.39, 0.29) is 5.91 Å². The third kappa shape index (κ3) is 2.16. The zero-order valence-electron chi connectivity index (χ0n) is 9.97. The van der Waals surface area contributed by atoms with Gasteiger partial charge in [0.1, 0.15) is 6.26 Å². The number of fused-ring (bicyclic) bond motifs is 1. The molecule has 0 aliphatic carbocycles. The Labute approximate surface area is 108 Å². The van der Waals surface area contributed by atoms with Crippen molar-refractivity contribution in [3.8, 4) is 0 Å². The summed E-state index contributed by atoms with van der Waals surface area (Å²) in [4.78, 5) is 19.8. The third-order valence-corrected chi connectivity index (χ3v) is 3.92. The van der Waals surface area contributed by atoms with Gasteiger partial charge in [-0.15, -0.1) is 11.3 Å². The number of aromatic nitrogens is 1. The Kier molecular flexibility index (Phi) is 2.89. The van der Waals surface area contributed by atoms with Gasteiger partial charge in [-0.05, 0) is 13.1 Å². The first kappa shape index (κ1) is 11.4. The van der Waals surface area contributed by atoms with E-state index in [4.69, 9.17) is 4.42 Å². The maximum atomic E-state index is 11.8. The molecule has 0 spiro atoms. The van der Waals surface area contributed by atoms with Crippen molar-refractivity contribution in [3.05, 3.63) is 34.7 Å². The molecule has 5 nitrogen and oxygen atoms in total. The Hall–Kier alpha value is -1.66. The molecule has 0 aromatic carbocycles. The number of amides is 1. The second-order valence-corrected chi connectivity index (χ2v) is 5.43. The molecule has 1 amide bonds. The molecule has 0 bridgehead atoms. The Morgan fingerprint density at radius 3 is 3.28 bits per heavy atom. The maximum absolute atomic E-state index is 11.8. The lowest BCUT2D eigenvalue weighted by Crippen LogP contribution is -2.25. The molecule has 0 saturated carbocycles. The predicted octanol–water partition coefficient (Wildman–Crippen LogP) is 1.98. The number of rotatable bonds is 2. The summed E-state index contributed by atoms with van der Waals surface area (Å²) in [6.45, 7) is 1.93. The molecule has 6 heteroatoms. The van der Waals surface area contributed by atoms with Gasteiger partial charge in [-0.1, -0.05) is 0 Å². The van der Waals surface area contributed by atoms with Gasteiger partial charge in [0.05, 0.1) is 17.5 Å². The summed E-state index contributed by atoms with van der Waals surface area (Å²) in [5.41, 5.74) is 1.63. The van der Waals surface area contributed by atoms with Crippen LogP contribution >= 0.6 is 11.3 Å². The van der Waals surface area contributed by atoms with E-state index in [1.165, 1.54) is 17.4 Å². The lowest BCUT2D eigenvalue weighted by molar-refractivity contribution is 0.102. The predicted molar refractivity (Wildman–Crippen MR) is 68.8 cm³/mol. The van der Waals surface area contributed by atoms with E-state index in [2.05, 4.69) is 22.2 Å². The van der Waals surface area contributed by atoms with Crippen molar-refractivity contribution in [1.82, 2.24) is 9.88 Å². The monoisotopic (exact) mass is 263 g/mol. The van der Waals surface area contributed by atoms with Crippen LogP contribution in [-0.4, -0.2) is 29.4 Å². The van der Waals surface area contributed by atoms with Gasteiger partial charge in [0.2, 0.25) is 0 Å². The molecule has 0 saturated heterocycles. The number of hydrogen-bond acceptors (Lipinski definition) is 5. The summed E-state index contributed by atoms with van der Waals surface area (Å²) in [6.07, 6.45) is 3.86. The first-order chi connectivity index (χ1) is 8.72. The highest BCUT2D eigenvalue weighted by molar-refractivity contribution is 7.15. The number of thiazole rings is 1. The van der Waals surface area contributed by atoms with Crippen LogP contribution in [-0.2, 0) is 13.0 Å². The summed E-state index contributed by atoms with van der Waals surface area (Å²) in [6, 6.07) is 1.64. The maximum Gasteiger partial charge on any atom is 0.260 e. The molecule has 0 radical (unpaired) electrons. The van der Waals surface area contributed by atoms with Gasteiger partial charge in [-0.25, -0.2) is 4.98 Å². The average molecular weight is 263 g/mol. The lowest BCUT2D eigenvalue weighted by Gasteiger charge is -2.20. The zero-order chi connectivity index (χ0) is 12.5. The third-order valence-electron chi connectivity index (χ3n) is 2.93. The second-order valence-electron chi connectivity index (χ2n) is 4.34. The van der Waals surface area contributed by atoms with Crippen LogP contribution in [0.5, 0.6) is 0 Å². The number of hydrogen-bond donors (Lipinski definition) is 1. The number of anilines is 1. The van der Waals surface area contributed by atoms with Crippen LogP contribution in [0.4, 0.5) is 5.13 Å². The van der Waals surface area contributed by atoms with Gasteiger partial charge in [0.25, 0.3) is 5.91 Å². The summed E-state index contributed by atoms with van der Waals surface area (Å²) >= 11 is 1.55.